The molecule has 0 atom stereocenters. The molecule has 126 valence electrons. The van der Waals surface area contributed by atoms with Gasteiger partial charge >= 0.3 is 5.97 Å². The monoisotopic (exact) mass is 326 g/mol. The average Bonchev–Trinajstić information content (AvgIpc) is 2.61. The molecule has 0 fully saturated rings. The molecule has 0 aliphatic carbocycles. The first-order chi connectivity index (χ1) is 11.6. The molecule has 0 bridgehead atoms. The van der Waals surface area contributed by atoms with Gasteiger partial charge in [0.15, 0.2) is 0 Å². The number of hydrogen-bond acceptors (Lipinski definition) is 3. The van der Waals surface area contributed by atoms with Gasteiger partial charge < -0.3 is 15.3 Å². The number of carboxylic acid groups (broad SMARTS) is 1. The molecule has 2 aromatic rings. The summed E-state index contributed by atoms with van der Waals surface area (Å²) in [6.07, 6.45) is 0. The lowest BCUT2D eigenvalue weighted by Gasteiger charge is -2.21. The fraction of sp³-hybridized carbons (Fsp3) is 0.263. The summed E-state index contributed by atoms with van der Waals surface area (Å²) in [4.78, 5) is 24.9. The summed E-state index contributed by atoms with van der Waals surface area (Å²) in [5.41, 5.74) is 2.31. The lowest BCUT2D eigenvalue weighted by molar-refractivity contribution is -0.130. The predicted molar refractivity (Wildman–Crippen MR) is 92.6 cm³/mol. The van der Waals surface area contributed by atoms with E-state index in [4.69, 9.17) is 5.11 Å². The molecule has 5 nitrogen and oxygen atoms in total. The lowest BCUT2D eigenvalue weighted by atomic mass is 10.1. The maximum Gasteiger partial charge on any atom is 0.335 e. The number of amides is 1. The number of benzene rings is 2. The van der Waals surface area contributed by atoms with Crippen molar-refractivity contribution < 1.29 is 14.7 Å². The molecule has 0 spiro atoms. The summed E-state index contributed by atoms with van der Waals surface area (Å²) in [5, 5.41) is 12.0. The van der Waals surface area contributed by atoms with Gasteiger partial charge in [-0.1, -0.05) is 42.5 Å². The smallest absolute Gasteiger partial charge is 0.335 e. The van der Waals surface area contributed by atoms with E-state index in [0.717, 1.165) is 11.1 Å². The predicted octanol–water partition coefficient (Wildman–Crippen LogP) is 2.52. The third-order valence-electron chi connectivity index (χ3n) is 3.76. The van der Waals surface area contributed by atoms with Crippen molar-refractivity contribution in [3.8, 4) is 0 Å². The highest BCUT2D eigenvalue weighted by Gasteiger charge is 2.11. The molecule has 0 aliphatic heterocycles. The largest absolute Gasteiger partial charge is 0.478 e. The lowest BCUT2D eigenvalue weighted by Crippen LogP contribution is -2.37. The van der Waals surface area contributed by atoms with Crippen LogP contribution in [0.25, 0.3) is 0 Å². The van der Waals surface area contributed by atoms with Gasteiger partial charge in [0.2, 0.25) is 5.91 Å². The Kier molecular flexibility index (Phi) is 6.51. The first kappa shape index (κ1) is 17.7. The summed E-state index contributed by atoms with van der Waals surface area (Å²) in [7, 11) is 0. The maximum atomic E-state index is 12.3. The van der Waals surface area contributed by atoms with Crippen molar-refractivity contribution in [2.24, 2.45) is 0 Å². The fourth-order valence-corrected chi connectivity index (χ4v) is 2.37. The van der Waals surface area contributed by atoms with Crippen LogP contribution in [0.2, 0.25) is 0 Å². The van der Waals surface area contributed by atoms with Gasteiger partial charge in [-0.25, -0.2) is 4.79 Å². The number of carboxylic acids is 1. The van der Waals surface area contributed by atoms with Gasteiger partial charge in [0, 0.05) is 19.6 Å². The summed E-state index contributed by atoms with van der Waals surface area (Å²) >= 11 is 0. The first-order valence-corrected chi connectivity index (χ1v) is 7.94. The van der Waals surface area contributed by atoms with Gasteiger partial charge in [0.05, 0.1) is 12.1 Å². The van der Waals surface area contributed by atoms with Crippen molar-refractivity contribution in [2.75, 3.05) is 13.1 Å². The molecule has 2 aromatic carbocycles. The molecule has 0 unspecified atom stereocenters. The van der Waals surface area contributed by atoms with Gasteiger partial charge in [-0.05, 0) is 30.2 Å². The van der Waals surface area contributed by atoms with Crippen LogP contribution in [0.1, 0.15) is 28.4 Å². The number of aromatic carboxylic acids is 1. The van der Waals surface area contributed by atoms with E-state index in [-0.39, 0.29) is 18.0 Å². The van der Waals surface area contributed by atoms with Crippen LogP contribution in [0, 0.1) is 0 Å². The van der Waals surface area contributed by atoms with Crippen molar-refractivity contribution in [3.05, 3.63) is 71.3 Å². The number of rotatable bonds is 8. The first-order valence-electron chi connectivity index (χ1n) is 7.94. The summed E-state index contributed by atoms with van der Waals surface area (Å²) in [5.74, 6) is -0.896. The van der Waals surface area contributed by atoms with E-state index in [9.17, 15) is 9.59 Å². The molecular weight excluding hydrogens is 304 g/mol. The Morgan fingerprint density at radius 2 is 1.67 bits per heavy atom. The number of likely N-dealkylation sites (N-methyl/N-ethyl adjacent to an activating group) is 1. The quantitative estimate of drug-likeness (QED) is 0.782. The average molecular weight is 326 g/mol. The van der Waals surface area contributed by atoms with Crippen molar-refractivity contribution in [1.29, 1.82) is 0 Å². The van der Waals surface area contributed by atoms with Gasteiger partial charge in [-0.15, -0.1) is 0 Å². The Morgan fingerprint density at radius 3 is 2.25 bits per heavy atom. The molecule has 0 saturated heterocycles. The third-order valence-corrected chi connectivity index (χ3v) is 3.76. The Hall–Kier alpha value is -2.66. The molecule has 1 amide bonds. The minimum Gasteiger partial charge on any atom is -0.478 e. The van der Waals surface area contributed by atoms with E-state index in [1.54, 1.807) is 29.2 Å². The number of nitrogens with one attached hydrogen (secondary N) is 1. The molecular formula is C19H22N2O3. The normalized spacial score (nSPS) is 10.4. The Morgan fingerprint density at radius 1 is 1.00 bits per heavy atom. The van der Waals surface area contributed by atoms with Gasteiger partial charge in [-0.3, -0.25) is 4.79 Å². The van der Waals surface area contributed by atoms with E-state index in [1.807, 2.05) is 37.3 Å². The second kappa shape index (κ2) is 8.84. The molecule has 24 heavy (non-hydrogen) atoms. The van der Waals surface area contributed by atoms with Crippen molar-refractivity contribution in [3.63, 3.8) is 0 Å². The number of carbonyl (C=O) groups is 2. The molecule has 0 aromatic heterocycles. The van der Waals surface area contributed by atoms with E-state index in [1.165, 1.54) is 0 Å². The van der Waals surface area contributed by atoms with Gasteiger partial charge in [-0.2, -0.15) is 0 Å². The van der Waals surface area contributed by atoms with Crippen molar-refractivity contribution >= 4 is 11.9 Å². The Balaban J connectivity index is 1.81. The topological polar surface area (TPSA) is 69.6 Å². The molecule has 0 saturated carbocycles. The molecule has 2 rings (SSSR count). The second-order valence-electron chi connectivity index (χ2n) is 5.50. The molecule has 0 radical (unpaired) electrons. The summed E-state index contributed by atoms with van der Waals surface area (Å²) in [6.45, 7) is 4.00. The van der Waals surface area contributed by atoms with Gasteiger partial charge in [0.25, 0.3) is 0 Å². The SMILES string of the molecule is CCN(Cc1ccccc1)C(=O)CNCc1ccc(C(=O)O)cc1. The zero-order valence-electron chi connectivity index (χ0n) is 13.7. The minimum absolute atomic E-state index is 0.0449. The Labute approximate surface area is 141 Å². The van der Waals surface area contributed by atoms with Crippen LogP contribution in [0.3, 0.4) is 0 Å². The molecule has 0 aliphatic rings. The van der Waals surface area contributed by atoms with E-state index < -0.39 is 5.97 Å². The maximum absolute atomic E-state index is 12.3. The third kappa shape index (κ3) is 5.21. The van der Waals surface area contributed by atoms with Crippen LogP contribution >= 0.6 is 0 Å². The van der Waals surface area contributed by atoms with E-state index >= 15 is 0 Å². The van der Waals surface area contributed by atoms with Crippen LogP contribution in [0.15, 0.2) is 54.6 Å². The van der Waals surface area contributed by atoms with Crippen molar-refractivity contribution in [1.82, 2.24) is 10.2 Å². The highest BCUT2D eigenvalue weighted by Crippen LogP contribution is 2.06. The fourth-order valence-electron chi connectivity index (χ4n) is 2.37. The zero-order valence-corrected chi connectivity index (χ0v) is 13.7. The zero-order chi connectivity index (χ0) is 17.4. The Bertz CT molecular complexity index is 669. The van der Waals surface area contributed by atoms with Crippen LogP contribution in [-0.2, 0) is 17.9 Å². The molecule has 5 heteroatoms. The van der Waals surface area contributed by atoms with Crippen LogP contribution < -0.4 is 5.32 Å². The second-order valence-corrected chi connectivity index (χ2v) is 5.50. The van der Waals surface area contributed by atoms with E-state index in [2.05, 4.69) is 5.32 Å². The van der Waals surface area contributed by atoms with Crippen LogP contribution in [0.5, 0.6) is 0 Å². The highest BCUT2D eigenvalue weighted by molar-refractivity contribution is 5.87. The van der Waals surface area contributed by atoms with Crippen LogP contribution in [0.4, 0.5) is 0 Å². The number of nitrogens with zero attached hydrogens (tertiary/aromatic N) is 1. The molecule has 0 heterocycles. The molecule has 2 N–H and O–H groups in total. The van der Waals surface area contributed by atoms with Gasteiger partial charge in [0.1, 0.15) is 0 Å². The highest BCUT2D eigenvalue weighted by atomic mass is 16.4. The summed E-state index contributed by atoms with van der Waals surface area (Å²) < 4.78 is 0. The number of hydrogen-bond donors (Lipinski definition) is 2. The van der Waals surface area contributed by atoms with E-state index in [0.29, 0.717) is 19.6 Å². The minimum atomic E-state index is -0.941. The van der Waals surface area contributed by atoms with Crippen molar-refractivity contribution in [2.45, 2.75) is 20.0 Å². The van der Waals surface area contributed by atoms with Crippen LogP contribution in [-0.4, -0.2) is 35.0 Å². The number of carbonyl (C=O) groups excluding carboxylic acids is 1. The summed E-state index contributed by atoms with van der Waals surface area (Å²) in [6, 6.07) is 16.5. The standard InChI is InChI=1S/C19H22N2O3/c1-2-21(14-16-6-4-3-5-7-16)18(22)13-20-12-15-8-10-17(11-9-15)19(23)24/h3-11,20H,2,12-14H2,1H3,(H,23,24).